The van der Waals surface area contributed by atoms with E-state index in [1.165, 1.54) is 0 Å². The summed E-state index contributed by atoms with van der Waals surface area (Å²) in [6, 6.07) is 7.84. The van der Waals surface area contributed by atoms with E-state index in [0.717, 1.165) is 37.4 Å². The van der Waals surface area contributed by atoms with Gasteiger partial charge in [0, 0.05) is 31.3 Å². The Balaban J connectivity index is 1.82. The van der Waals surface area contributed by atoms with Gasteiger partial charge in [-0.25, -0.2) is 0 Å². The Hall–Kier alpha value is -1.55. The van der Waals surface area contributed by atoms with Crippen molar-refractivity contribution in [2.24, 2.45) is 5.92 Å². The lowest BCUT2D eigenvalue weighted by Gasteiger charge is -2.22. The molecule has 1 saturated heterocycles. The third kappa shape index (κ3) is 1.97. The Labute approximate surface area is 106 Å². The molecule has 0 aliphatic carbocycles. The number of benzene rings is 1. The van der Waals surface area contributed by atoms with Crippen molar-refractivity contribution in [2.75, 3.05) is 31.2 Å². The average Bonchev–Trinajstić information content (AvgIpc) is 2.98. The van der Waals surface area contributed by atoms with E-state index in [9.17, 15) is 9.90 Å². The van der Waals surface area contributed by atoms with Crippen LogP contribution in [0.4, 0.5) is 5.69 Å². The molecule has 18 heavy (non-hydrogen) atoms. The van der Waals surface area contributed by atoms with Gasteiger partial charge in [0.1, 0.15) is 5.92 Å². The monoisotopic (exact) mass is 247 g/mol. The minimum atomic E-state index is -0.729. The maximum absolute atomic E-state index is 11.3. The first-order valence-electron chi connectivity index (χ1n) is 6.40. The van der Waals surface area contributed by atoms with Crippen molar-refractivity contribution in [1.29, 1.82) is 0 Å². The highest BCUT2D eigenvalue weighted by atomic mass is 16.5. The predicted octanol–water partition coefficient (Wildman–Crippen LogP) is 1.71. The first kappa shape index (κ1) is 11.5. The Bertz CT molecular complexity index is 454. The minimum Gasteiger partial charge on any atom is -0.481 e. The highest BCUT2D eigenvalue weighted by Crippen LogP contribution is 2.37. The van der Waals surface area contributed by atoms with E-state index in [1.807, 2.05) is 24.3 Å². The lowest BCUT2D eigenvalue weighted by molar-refractivity contribution is -0.138. The first-order chi connectivity index (χ1) is 8.75. The quantitative estimate of drug-likeness (QED) is 0.883. The zero-order valence-corrected chi connectivity index (χ0v) is 10.2. The average molecular weight is 247 g/mol. The molecule has 3 rings (SSSR count). The fourth-order valence-electron chi connectivity index (χ4n) is 2.91. The van der Waals surface area contributed by atoms with Gasteiger partial charge in [0.2, 0.25) is 0 Å². The smallest absolute Gasteiger partial charge is 0.312 e. The summed E-state index contributed by atoms with van der Waals surface area (Å²) in [5, 5.41) is 9.29. The van der Waals surface area contributed by atoms with Crippen molar-refractivity contribution < 1.29 is 14.6 Å². The summed E-state index contributed by atoms with van der Waals surface area (Å²) in [6.45, 7) is 3.13. The molecule has 2 heterocycles. The molecule has 4 heteroatoms. The molecule has 96 valence electrons. The van der Waals surface area contributed by atoms with Crippen LogP contribution in [-0.4, -0.2) is 37.4 Å². The number of anilines is 1. The van der Waals surface area contributed by atoms with Crippen LogP contribution in [0.1, 0.15) is 17.9 Å². The van der Waals surface area contributed by atoms with E-state index in [0.29, 0.717) is 12.5 Å². The lowest BCUT2D eigenvalue weighted by atomic mass is 10.0. The number of aliphatic carboxylic acids is 1. The Morgan fingerprint density at radius 2 is 2.28 bits per heavy atom. The second-order valence-electron chi connectivity index (χ2n) is 5.08. The molecule has 0 spiro atoms. The molecule has 1 aromatic rings. The summed E-state index contributed by atoms with van der Waals surface area (Å²) >= 11 is 0. The highest BCUT2D eigenvalue weighted by molar-refractivity contribution is 5.82. The molecule has 2 aliphatic rings. The number of fused-ring (bicyclic) bond motifs is 1. The van der Waals surface area contributed by atoms with Crippen molar-refractivity contribution in [2.45, 2.75) is 12.3 Å². The van der Waals surface area contributed by atoms with Crippen molar-refractivity contribution in [3.8, 4) is 0 Å². The second kappa shape index (κ2) is 4.61. The molecule has 0 aromatic heterocycles. The number of carboxylic acids is 1. The minimum absolute atomic E-state index is 0.386. The second-order valence-corrected chi connectivity index (χ2v) is 5.08. The molecule has 2 unspecified atom stereocenters. The van der Waals surface area contributed by atoms with Crippen molar-refractivity contribution >= 4 is 11.7 Å². The van der Waals surface area contributed by atoms with Gasteiger partial charge in [-0.1, -0.05) is 18.2 Å². The van der Waals surface area contributed by atoms with Crippen molar-refractivity contribution in [1.82, 2.24) is 0 Å². The van der Waals surface area contributed by atoms with Crippen LogP contribution >= 0.6 is 0 Å². The molecule has 4 nitrogen and oxygen atoms in total. The largest absolute Gasteiger partial charge is 0.481 e. The summed E-state index contributed by atoms with van der Waals surface area (Å²) in [6.07, 6.45) is 1.08. The standard InChI is InChI=1S/C14H17NO3/c16-14(17)12-8-15(7-10-5-6-18-9-10)13-4-2-1-3-11(12)13/h1-4,10,12H,5-9H2,(H,16,17). The van der Waals surface area contributed by atoms with Crippen LogP contribution in [0.15, 0.2) is 24.3 Å². The maximum atomic E-state index is 11.3. The zero-order valence-electron chi connectivity index (χ0n) is 10.2. The van der Waals surface area contributed by atoms with Gasteiger partial charge in [0.05, 0.1) is 6.61 Å². The van der Waals surface area contributed by atoms with Crippen LogP contribution in [0.25, 0.3) is 0 Å². The van der Waals surface area contributed by atoms with E-state index < -0.39 is 5.97 Å². The van der Waals surface area contributed by atoms with Crippen molar-refractivity contribution in [3.05, 3.63) is 29.8 Å². The van der Waals surface area contributed by atoms with Gasteiger partial charge in [0.25, 0.3) is 0 Å². The maximum Gasteiger partial charge on any atom is 0.312 e. The summed E-state index contributed by atoms with van der Waals surface area (Å²) < 4.78 is 5.39. The third-order valence-electron chi connectivity index (χ3n) is 3.86. The lowest BCUT2D eigenvalue weighted by Crippen LogP contribution is -2.30. The van der Waals surface area contributed by atoms with Crippen LogP contribution in [0, 0.1) is 5.92 Å². The van der Waals surface area contributed by atoms with E-state index in [1.54, 1.807) is 0 Å². The summed E-state index contributed by atoms with van der Waals surface area (Å²) in [7, 11) is 0. The van der Waals surface area contributed by atoms with E-state index in [4.69, 9.17) is 4.74 Å². The van der Waals surface area contributed by atoms with Gasteiger partial charge in [-0.2, -0.15) is 0 Å². The summed E-state index contributed by atoms with van der Waals surface area (Å²) in [5.41, 5.74) is 2.03. The molecule has 0 saturated carbocycles. The fourth-order valence-corrected chi connectivity index (χ4v) is 2.91. The normalized spacial score (nSPS) is 26.3. The summed E-state index contributed by atoms with van der Waals surface area (Å²) in [5.74, 6) is -0.582. The molecule has 1 aromatic carbocycles. The van der Waals surface area contributed by atoms with Crippen LogP contribution in [0.2, 0.25) is 0 Å². The van der Waals surface area contributed by atoms with Gasteiger partial charge in [-0.3, -0.25) is 4.79 Å². The van der Waals surface area contributed by atoms with Crippen LogP contribution in [0.5, 0.6) is 0 Å². The van der Waals surface area contributed by atoms with Crippen molar-refractivity contribution in [3.63, 3.8) is 0 Å². The van der Waals surface area contributed by atoms with E-state index in [-0.39, 0.29) is 5.92 Å². The Morgan fingerprint density at radius 1 is 1.44 bits per heavy atom. The molecule has 2 atom stereocenters. The summed E-state index contributed by atoms with van der Waals surface area (Å²) in [4.78, 5) is 13.5. The number of rotatable bonds is 3. The Kier molecular flexibility index (Phi) is 2.96. The van der Waals surface area contributed by atoms with E-state index in [2.05, 4.69) is 4.90 Å². The number of para-hydroxylation sites is 1. The Morgan fingerprint density at radius 3 is 3.00 bits per heavy atom. The predicted molar refractivity (Wildman–Crippen MR) is 68.0 cm³/mol. The van der Waals surface area contributed by atoms with Gasteiger partial charge in [-0.05, 0) is 18.1 Å². The fraction of sp³-hybridized carbons (Fsp3) is 0.500. The molecule has 1 fully saturated rings. The zero-order chi connectivity index (χ0) is 12.5. The highest BCUT2D eigenvalue weighted by Gasteiger charge is 2.34. The number of carbonyl (C=O) groups is 1. The number of hydrogen-bond donors (Lipinski definition) is 1. The number of nitrogens with zero attached hydrogens (tertiary/aromatic N) is 1. The topological polar surface area (TPSA) is 49.8 Å². The first-order valence-corrected chi connectivity index (χ1v) is 6.40. The van der Waals surface area contributed by atoms with E-state index >= 15 is 0 Å². The molecular formula is C14H17NO3. The van der Waals surface area contributed by atoms with Gasteiger partial charge in [-0.15, -0.1) is 0 Å². The molecule has 0 amide bonds. The van der Waals surface area contributed by atoms with Crippen LogP contribution in [0.3, 0.4) is 0 Å². The third-order valence-corrected chi connectivity index (χ3v) is 3.86. The molecule has 0 radical (unpaired) electrons. The molecule has 1 N–H and O–H groups in total. The molecule has 0 bridgehead atoms. The SMILES string of the molecule is O=C(O)C1CN(CC2CCOC2)c2ccccc21. The van der Waals surface area contributed by atoms with Gasteiger partial charge in [0.15, 0.2) is 0 Å². The number of carboxylic acid groups (broad SMARTS) is 1. The van der Waals surface area contributed by atoms with Gasteiger partial charge < -0.3 is 14.7 Å². The number of ether oxygens (including phenoxy) is 1. The van der Waals surface area contributed by atoms with Crippen LogP contribution < -0.4 is 4.90 Å². The molecular weight excluding hydrogens is 230 g/mol. The molecule has 2 aliphatic heterocycles. The number of hydrogen-bond acceptors (Lipinski definition) is 3. The van der Waals surface area contributed by atoms with Gasteiger partial charge >= 0.3 is 5.97 Å². The van der Waals surface area contributed by atoms with Crippen LogP contribution in [-0.2, 0) is 9.53 Å².